The van der Waals surface area contributed by atoms with Crippen molar-refractivity contribution in [2.24, 2.45) is 0 Å². The summed E-state index contributed by atoms with van der Waals surface area (Å²) < 4.78 is 0. The van der Waals surface area contributed by atoms with Gasteiger partial charge in [-0.05, 0) is 48.5 Å². The van der Waals surface area contributed by atoms with E-state index in [9.17, 15) is 15.0 Å². The first kappa shape index (κ1) is 11.0. The molecule has 2 rings (SSSR count). The average Bonchev–Trinajstić information content (AvgIpc) is 2.35. The first-order valence-corrected chi connectivity index (χ1v) is 5.03. The fourth-order valence-electron chi connectivity index (χ4n) is 1.50. The molecular weight excluding hydrogens is 218 g/mol. The molecule has 0 saturated carbocycles. The van der Waals surface area contributed by atoms with Crippen LogP contribution in [0.25, 0.3) is 0 Å². The molecule has 1 amide bonds. The van der Waals surface area contributed by atoms with Crippen LogP contribution in [0.4, 0.5) is 11.4 Å². The zero-order valence-corrected chi connectivity index (χ0v) is 8.95. The molecule has 0 saturated heterocycles. The SMILES string of the molecule is O=CN(c1ccc(O)cc1)c1ccc(O)cc1. The zero-order chi connectivity index (χ0) is 12.3. The van der Waals surface area contributed by atoms with Crippen LogP contribution in [0.2, 0.25) is 0 Å². The monoisotopic (exact) mass is 229 g/mol. The van der Waals surface area contributed by atoms with Gasteiger partial charge in [0.2, 0.25) is 6.41 Å². The van der Waals surface area contributed by atoms with E-state index in [0.29, 0.717) is 17.8 Å². The lowest BCUT2D eigenvalue weighted by Crippen LogP contribution is -2.13. The molecule has 0 unspecified atom stereocenters. The Morgan fingerprint density at radius 1 is 0.765 bits per heavy atom. The Hall–Kier alpha value is -2.49. The molecule has 86 valence electrons. The topological polar surface area (TPSA) is 60.8 Å². The maximum atomic E-state index is 11.1. The van der Waals surface area contributed by atoms with E-state index in [1.807, 2.05) is 0 Å². The van der Waals surface area contributed by atoms with Crippen molar-refractivity contribution < 1.29 is 15.0 Å². The minimum Gasteiger partial charge on any atom is -0.508 e. The lowest BCUT2D eigenvalue weighted by Gasteiger charge is -2.17. The lowest BCUT2D eigenvalue weighted by atomic mass is 10.2. The second-order valence-electron chi connectivity index (χ2n) is 3.51. The number of amides is 1. The maximum absolute atomic E-state index is 11.1. The van der Waals surface area contributed by atoms with Gasteiger partial charge in [-0.2, -0.15) is 0 Å². The van der Waals surface area contributed by atoms with E-state index in [1.54, 1.807) is 24.3 Å². The molecule has 0 radical (unpaired) electrons. The van der Waals surface area contributed by atoms with Gasteiger partial charge in [0.25, 0.3) is 0 Å². The van der Waals surface area contributed by atoms with E-state index in [-0.39, 0.29) is 11.5 Å². The van der Waals surface area contributed by atoms with Crippen molar-refractivity contribution in [2.75, 3.05) is 4.90 Å². The third-order valence-electron chi connectivity index (χ3n) is 2.36. The van der Waals surface area contributed by atoms with Crippen LogP contribution in [0.1, 0.15) is 0 Å². The predicted molar refractivity (Wildman–Crippen MR) is 64.4 cm³/mol. The Bertz CT molecular complexity index is 460. The number of carbonyl (C=O) groups excluding carboxylic acids is 1. The van der Waals surface area contributed by atoms with E-state index in [2.05, 4.69) is 0 Å². The molecule has 2 aromatic rings. The van der Waals surface area contributed by atoms with Gasteiger partial charge in [-0.3, -0.25) is 9.69 Å². The van der Waals surface area contributed by atoms with Gasteiger partial charge in [-0.15, -0.1) is 0 Å². The van der Waals surface area contributed by atoms with E-state index < -0.39 is 0 Å². The molecule has 0 aliphatic rings. The van der Waals surface area contributed by atoms with Gasteiger partial charge < -0.3 is 10.2 Å². The summed E-state index contributed by atoms with van der Waals surface area (Å²) in [4.78, 5) is 12.5. The highest BCUT2D eigenvalue weighted by atomic mass is 16.3. The highest BCUT2D eigenvalue weighted by molar-refractivity contribution is 5.86. The summed E-state index contributed by atoms with van der Waals surface area (Å²) in [6.07, 6.45) is 0.679. The molecule has 4 nitrogen and oxygen atoms in total. The van der Waals surface area contributed by atoms with Gasteiger partial charge in [0.1, 0.15) is 11.5 Å². The number of anilines is 2. The number of benzene rings is 2. The standard InChI is InChI=1S/C13H11NO3/c15-9-14(10-1-5-12(16)6-2-10)11-3-7-13(17)8-4-11/h1-9,16-17H. The molecule has 0 bridgehead atoms. The smallest absolute Gasteiger partial charge is 0.218 e. The highest BCUT2D eigenvalue weighted by Crippen LogP contribution is 2.26. The number of rotatable bonds is 3. The molecule has 0 atom stereocenters. The number of hydrogen-bond acceptors (Lipinski definition) is 3. The minimum absolute atomic E-state index is 0.144. The van der Waals surface area contributed by atoms with Crippen molar-refractivity contribution in [3.05, 3.63) is 48.5 Å². The van der Waals surface area contributed by atoms with E-state index in [0.717, 1.165) is 0 Å². The summed E-state index contributed by atoms with van der Waals surface area (Å²) in [7, 11) is 0. The fourth-order valence-corrected chi connectivity index (χ4v) is 1.50. The number of phenols is 2. The first-order chi connectivity index (χ1) is 8.20. The number of aromatic hydroxyl groups is 2. The highest BCUT2D eigenvalue weighted by Gasteiger charge is 2.07. The normalized spacial score (nSPS) is 9.88. The third kappa shape index (κ3) is 2.36. The van der Waals surface area contributed by atoms with Gasteiger partial charge in [-0.1, -0.05) is 0 Å². The van der Waals surface area contributed by atoms with Crippen molar-refractivity contribution >= 4 is 17.8 Å². The summed E-state index contributed by atoms with van der Waals surface area (Å²) in [6.45, 7) is 0. The Balaban J connectivity index is 2.36. The van der Waals surface area contributed by atoms with Crippen LogP contribution in [-0.2, 0) is 4.79 Å². The van der Waals surface area contributed by atoms with Gasteiger partial charge in [-0.25, -0.2) is 0 Å². The molecule has 0 aliphatic heterocycles. The van der Waals surface area contributed by atoms with Crippen molar-refractivity contribution in [3.63, 3.8) is 0 Å². The number of hydrogen-bond donors (Lipinski definition) is 2. The second-order valence-corrected chi connectivity index (χ2v) is 3.51. The van der Waals surface area contributed by atoms with E-state index in [4.69, 9.17) is 0 Å². The van der Waals surface area contributed by atoms with Crippen molar-refractivity contribution in [1.82, 2.24) is 0 Å². The Labute approximate surface area is 98.4 Å². The summed E-state index contributed by atoms with van der Waals surface area (Å²) >= 11 is 0. The van der Waals surface area contributed by atoms with Gasteiger partial charge in [0.05, 0.1) is 0 Å². The van der Waals surface area contributed by atoms with Crippen LogP contribution in [0.3, 0.4) is 0 Å². The molecule has 17 heavy (non-hydrogen) atoms. The molecule has 4 heteroatoms. The number of phenolic OH excluding ortho intramolecular Hbond substituents is 2. The molecule has 0 aromatic heterocycles. The predicted octanol–water partition coefficient (Wildman–Crippen LogP) is 2.39. The van der Waals surface area contributed by atoms with Crippen LogP contribution < -0.4 is 4.90 Å². The van der Waals surface area contributed by atoms with Crippen molar-refractivity contribution in [1.29, 1.82) is 0 Å². The van der Waals surface area contributed by atoms with Crippen molar-refractivity contribution in [2.45, 2.75) is 0 Å². The summed E-state index contributed by atoms with van der Waals surface area (Å²) in [5.74, 6) is 0.288. The van der Waals surface area contributed by atoms with Gasteiger partial charge in [0, 0.05) is 11.4 Å². The van der Waals surface area contributed by atoms with Crippen LogP contribution >= 0.6 is 0 Å². The zero-order valence-electron chi connectivity index (χ0n) is 8.95. The molecule has 2 aromatic carbocycles. The van der Waals surface area contributed by atoms with Crippen LogP contribution in [0.5, 0.6) is 11.5 Å². The Kier molecular flexibility index (Phi) is 2.96. The number of nitrogens with zero attached hydrogens (tertiary/aromatic N) is 1. The fraction of sp³-hybridized carbons (Fsp3) is 0. The summed E-state index contributed by atoms with van der Waals surface area (Å²) in [5, 5.41) is 18.4. The summed E-state index contributed by atoms with van der Waals surface area (Å²) in [6, 6.07) is 12.6. The Morgan fingerprint density at radius 3 is 1.41 bits per heavy atom. The minimum atomic E-state index is 0.144. The largest absolute Gasteiger partial charge is 0.508 e. The third-order valence-corrected chi connectivity index (χ3v) is 2.36. The van der Waals surface area contributed by atoms with Crippen LogP contribution in [0.15, 0.2) is 48.5 Å². The molecule has 0 heterocycles. The second kappa shape index (κ2) is 4.57. The van der Waals surface area contributed by atoms with Crippen molar-refractivity contribution in [3.8, 4) is 11.5 Å². The molecule has 0 spiro atoms. The quantitative estimate of drug-likeness (QED) is 0.794. The summed E-state index contributed by atoms with van der Waals surface area (Å²) in [5.41, 5.74) is 1.28. The van der Waals surface area contributed by atoms with Crippen LogP contribution in [-0.4, -0.2) is 16.6 Å². The van der Waals surface area contributed by atoms with E-state index >= 15 is 0 Å². The maximum Gasteiger partial charge on any atom is 0.218 e. The average molecular weight is 229 g/mol. The van der Waals surface area contributed by atoms with Gasteiger partial charge >= 0.3 is 0 Å². The van der Waals surface area contributed by atoms with Crippen LogP contribution in [0, 0.1) is 0 Å². The first-order valence-electron chi connectivity index (χ1n) is 5.03. The molecule has 0 aliphatic carbocycles. The molecule has 0 fully saturated rings. The number of carbonyl (C=O) groups is 1. The molecule has 2 N–H and O–H groups in total. The Morgan fingerprint density at radius 2 is 1.12 bits per heavy atom. The lowest BCUT2D eigenvalue weighted by molar-refractivity contribution is -0.106. The van der Waals surface area contributed by atoms with Gasteiger partial charge in [0.15, 0.2) is 0 Å². The molecular formula is C13H11NO3. The van der Waals surface area contributed by atoms with E-state index in [1.165, 1.54) is 29.2 Å².